The summed E-state index contributed by atoms with van der Waals surface area (Å²) in [6.45, 7) is 10.1. The van der Waals surface area contributed by atoms with E-state index in [1.165, 1.54) is 0 Å². The summed E-state index contributed by atoms with van der Waals surface area (Å²) in [5.41, 5.74) is 12.1. The number of unbranched alkanes of at least 4 members (excludes halogenated alkanes) is 1. The molecule has 272 valence electrons. The van der Waals surface area contributed by atoms with E-state index in [0.717, 1.165) is 5.56 Å². The van der Waals surface area contributed by atoms with Gasteiger partial charge in [-0.15, -0.1) is 0 Å². The predicted molar refractivity (Wildman–Crippen MR) is 194 cm³/mol. The largest absolute Gasteiger partial charge is 0.459 e. The number of alkyl carbamates (subject to hydrolysis) is 1. The molecule has 0 aliphatic rings. The van der Waals surface area contributed by atoms with Crippen LogP contribution in [0.5, 0.6) is 0 Å². The van der Waals surface area contributed by atoms with E-state index in [-0.39, 0.29) is 53.3 Å². The van der Waals surface area contributed by atoms with Gasteiger partial charge in [-0.25, -0.2) is 9.59 Å². The lowest BCUT2D eigenvalue weighted by atomic mass is 10.0. The molecule has 13 nitrogen and oxygen atoms in total. The maximum atomic E-state index is 13.4. The molecule has 0 unspecified atom stereocenters. The van der Waals surface area contributed by atoms with Crippen LogP contribution in [-0.4, -0.2) is 73.7 Å². The molecule has 0 heterocycles. The van der Waals surface area contributed by atoms with Crippen molar-refractivity contribution in [2.75, 3.05) is 20.1 Å². The zero-order chi connectivity index (χ0) is 33.1. The smallest absolute Gasteiger partial charge is 0.407 e. The summed E-state index contributed by atoms with van der Waals surface area (Å²) in [4.78, 5) is 55.0. The first-order valence-corrected chi connectivity index (χ1v) is 15.2. The molecule has 0 radical (unpaired) electrons. The minimum Gasteiger partial charge on any atom is -0.459 e. The molecular weight excluding hydrogens is 622 g/mol. The maximum Gasteiger partial charge on any atom is 0.407 e. The number of benzene rings is 1. The number of carbonyl (C=O) groups is 4. The maximum absolute atomic E-state index is 13.4. The van der Waals surface area contributed by atoms with Crippen LogP contribution in [0.2, 0.25) is 0 Å². The molecule has 0 saturated heterocycles. The Balaban J connectivity index is -0.00000645. The molecule has 0 aromatic heterocycles. The van der Waals surface area contributed by atoms with Crippen molar-refractivity contribution in [2.24, 2.45) is 22.4 Å². The number of nitrogens with zero attached hydrogens (tertiary/aromatic N) is 1. The molecule has 0 spiro atoms. The second-order valence-corrected chi connectivity index (χ2v) is 12.1. The van der Waals surface area contributed by atoms with Crippen LogP contribution >= 0.6 is 13.5 Å². The fraction of sp³-hybridized carbons (Fsp3) is 0.667. The molecule has 14 heteroatoms. The Bertz CT molecular complexity index is 1070. The van der Waals surface area contributed by atoms with Gasteiger partial charge in [-0.1, -0.05) is 59.0 Å². The number of hydrogen-bond donors (Lipinski definition) is 6. The van der Waals surface area contributed by atoms with Gasteiger partial charge in [0.2, 0.25) is 11.8 Å². The molecule has 3 amide bonds. The number of nitrogens with two attached hydrogens (primary N) is 2. The van der Waals surface area contributed by atoms with E-state index in [9.17, 15) is 19.2 Å². The number of esters is 1. The van der Waals surface area contributed by atoms with Gasteiger partial charge >= 0.3 is 12.1 Å². The van der Waals surface area contributed by atoms with Crippen LogP contribution in [0, 0.1) is 5.92 Å². The van der Waals surface area contributed by atoms with E-state index in [1.807, 2.05) is 44.2 Å². The van der Waals surface area contributed by atoms with Gasteiger partial charge in [-0.3, -0.25) is 14.6 Å². The van der Waals surface area contributed by atoms with Gasteiger partial charge in [0.1, 0.15) is 24.3 Å². The molecule has 8 N–H and O–H groups in total. The minimum atomic E-state index is -0.944. The number of carbonyl (C=O) groups excluding carboxylic acids is 4. The van der Waals surface area contributed by atoms with E-state index >= 15 is 0 Å². The lowest BCUT2D eigenvalue weighted by Crippen LogP contribution is -2.55. The first kappa shape index (κ1) is 47.9. The molecule has 3 atom stereocenters. The first-order chi connectivity index (χ1) is 20.7. The van der Waals surface area contributed by atoms with Crippen molar-refractivity contribution in [3.8, 4) is 0 Å². The van der Waals surface area contributed by atoms with Crippen molar-refractivity contribution in [2.45, 2.75) is 118 Å². The zero-order valence-electron chi connectivity index (χ0n) is 27.6. The third kappa shape index (κ3) is 22.6. The zero-order valence-corrected chi connectivity index (χ0v) is 28.6. The molecule has 47 heavy (non-hydrogen) atoms. The average molecular weight is 686 g/mol. The van der Waals surface area contributed by atoms with E-state index < -0.39 is 47.6 Å². The molecule has 1 aromatic carbocycles. The van der Waals surface area contributed by atoms with Gasteiger partial charge in [0.25, 0.3) is 0 Å². The molecule has 1 aromatic rings. The highest BCUT2D eigenvalue weighted by atomic mass is 32.1. The first-order valence-electron chi connectivity index (χ1n) is 15.2. The number of nitrogens with one attached hydrogen (secondary N) is 4. The highest BCUT2D eigenvalue weighted by Crippen LogP contribution is 2.11. The second kappa shape index (κ2) is 25.6. The Hall–Kier alpha value is -3.52. The van der Waals surface area contributed by atoms with Gasteiger partial charge in [-0.2, -0.15) is 13.5 Å². The van der Waals surface area contributed by atoms with E-state index in [1.54, 1.807) is 27.8 Å². The summed E-state index contributed by atoms with van der Waals surface area (Å²) in [7, 11) is 1.56. The monoisotopic (exact) mass is 685 g/mol. The molecule has 0 aliphatic carbocycles. The van der Waals surface area contributed by atoms with Crippen LogP contribution in [0.4, 0.5) is 4.79 Å². The number of hydrogen-bond acceptors (Lipinski definition) is 8. The van der Waals surface area contributed by atoms with Crippen molar-refractivity contribution in [3.63, 3.8) is 0 Å². The molecule has 0 bridgehead atoms. The Morgan fingerprint density at radius 3 is 2.04 bits per heavy atom. The van der Waals surface area contributed by atoms with Crippen LogP contribution in [0.3, 0.4) is 0 Å². The number of rotatable bonds is 18. The van der Waals surface area contributed by atoms with Crippen molar-refractivity contribution < 1.29 is 28.7 Å². The third-order valence-corrected chi connectivity index (χ3v) is 6.33. The SMILES string of the molecule is C.C.CN=C(N)NCCC[C@@H](NC(=O)[C@H](N)CCCCNC(=O)OC(C)(C)C)C(=O)N[C@@H](CC(C)C)C(=O)OCc1ccccc1.S. The van der Waals surface area contributed by atoms with Gasteiger partial charge in [-0.05, 0) is 70.8 Å². The summed E-state index contributed by atoms with van der Waals surface area (Å²) < 4.78 is 10.7. The van der Waals surface area contributed by atoms with Crippen molar-refractivity contribution in [1.29, 1.82) is 0 Å². The third-order valence-electron chi connectivity index (χ3n) is 6.33. The highest BCUT2D eigenvalue weighted by Gasteiger charge is 2.29. The Labute approximate surface area is 289 Å². The van der Waals surface area contributed by atoms with Crippen LogP contribution in [0.25, 0.3) is 0 Å². The average Bonchev–Trinajstić information content (AvgIpc) is 2.95. The van der Waals surface area contributed by atoms with E-state index in [0.29, 0.717) is 45.2 Å². The quantitative estimate of drug-likeness (QED) is 0.0580. The summed E-state index contributed by atoms with van der Waals surface area (Å²) in [6.07, 6.45) is 2.12. The van der Waals surface area contributed by atoms with Crippen molar-refractivity contribution in [3.05, 3.63) is 35.9 Å². The molecule has 0 fully saturated rings. The van der Waals surface area contributed by atoms with Crippen molar-refractivity contribution in [1.82, 2.24) is 21.3 Å². The predicted octanol–water partition coefficient (Wildman–Crippen LogP) is 3.47. The summed E-state index contributed by atoms with van der Waals surface area (Å²) in [6, 6.07) is 6.57. The molecule has 0 aliphatic heterocycles. The van der Waals surface area contributed by atoms with Crippen LogP contribution in [0.15, 0.2) is 35.3 Å². The van der Waals surface area contributed by atoms with Crippen LogP contribution < -0.4 is 32.7 Å². The Morgan fingerprint density at radius 1 is 0.872 bits per heavy atom. The standard InChI is InChI=1S/C31H53N7O6.2CH4.H2S/c1-21(2)19-25(28(41)43-20-22-13-8-7-9-14-22)38-27(40)24(16-12-18-35-29(33)34-6)37-26(39)23(32)15-10-11-17-36-30(42)44-31(3,4)5;;;/h7-9,13-14,21,23-25H,10-12,15-20,32H2,1-6H3,(H,36,42)(H,37,39)(H,38,40)(H3,33,34,35);2*1H4;1H2/t23-,24-,25+;;;/m1.../s1. The normalized spacial score (nSPS) is 12.9. The minimum absolute atomic E-state index is 0. The summed E-state index contributed by atoms with van der Waals surface area (Å²) >= 11 is 0. The number of aliphatic imine (C=N–C) groups is 1. The molecule has 1 rings (SSSR count). The van der Waals surface area contributed by atoms with Crippen LogP contribution in [0.1, 0.15) is 93.6 Å². The van der Waals surface area contributed by atoms with Gasteiger partial charge in [0, 0.05) is 20.1 Å². The van der Waals surface area contributed by atoms with E-state index in [2.05, 4.69) is 26.3 Å². The second-order valence-electron chi connectivity index (χ2n) is 12.1. The summed E-state index contributed by atoms with van der Waals surface area (Å²) in [5.74, 6) is -1.19. The van der Waals surface area contributed by atoms with E-state index in [4.69, 9.17) is 20.9 Å². The topological polar surface area (TPSA) is 199 Å². The van der Waals surface area contributed by atoms with Crippen molar-refractivity contribution >= 4 is 43.3 Å². The van der Waals surface area contributed by atoms with Crippen LogP contribution in [-0.2, 0) is 30.5 Å². The Kier molecular flexibility index (Phi) is 26.0. The number of amides is 3. The number of ether oxygens (including phenoxy) is 2. The summed E-state index contributed by atoms with van der Waals surface area (Å²) in [5, 5.41) is 11.1. The fourth-order valence-corrected chi connectivity index (χ4v) is 4.06. The molecular formula is C33H63N7O6S. The Morgan fingerprint density at radius 2 is 1.47 bits per heavy atom. The molecule has 0 saturated carbocycles. The van der Waals surface area contributed by atoms with Gasteiger partial charge in [0.15, 0.2) is 5.96 Å². The highest BCUT2D eigenvalue weighted by molar-refractivity contribution is 7.59. The fourth-order valence-electron chi connectivity index (χ4n) is 4.06. The lowest BCUT2D eigenvalue weighted by Gasteiger charge is -2.25. The lowest BCUT2D eigenvalue weighted by molar-refractivity contribution is -0.150. The number of guanidine groups is 1. The van der Waals surface area contributed by atoms with Gasteiger partial charge in [0.05, 0.1) is 6.04 Å². The van der Waals surface area contributed by atoms with Gasteiger partial charge < -0.3 is 42.2 Å².